The Morgan fingerprint density at radius 2 is 2.17 bits per heavy atom. The molecule has 2 rings (SSSR count). The van der Waals surface area contributed by atoms with Crippen molar-refractivity contribution >= 4 is 5.97 Å². The van der Waals surface area contributed by atoms with Crippen LogP contribution in [0.1, 0.15) is 12.6 Å². The molecule has 0 fully saturated rings. The van der Waals surface area contributed by atoms with Crippen molar-refractivity contribution in [1.82, 2.24) is 10.3 Å². The van der Waals surface area contributed by atoms with Gasteiger partial charge in [-0.15, -0.1) is 0 Å². The quantitative estimate of drug-likeness (QED) is 0.842. The topological polar surface area (TPSA) is 75.4 Å². The number of rotatable bonds is 5. The zero-order chi connectivity index (χ0) is 13.0. The molecule has 18 heavy (non-hydrogen) atoms. The summed E-state index contributed by atoms with van der Waals surface area (Å²) in [6, 6.07) is 8.94. The predicted octanol–water partition coefficient (Wildman–Crippen LogP) is 1.90. The number of carboxylic acids is 1. The standard InChI is InChI=1S/C13H14N2O3/c1-9(13(16)17)14-7-11-8-18-12(15-11)10-5-3-2-4-6-10/h2-6,8-9,14H,7H2,1H3,(H,16,17)/t9-/m0/s1. The van der Waals surface area contributed by atoms with Gasteiger partial charge in [0, 0.05) is 12.1 Å². The van der Waals surface area contributed by atoms with Gasteiger partial charge in [0.15, 0.2) is 0 Å². The summed E-state index contributed by atoms with van der Waals surface area (Å²) in [5.74, 6) is -0.350. The van der Waals surface area contributed by atoms with Crippen LogP contribution in [-0.4, -0.2) is 22.1 Å². The van der Waals surface area contributed by atoms with Gasteiger partial charge < -0.3 is 9.52 Å². The van der Waals surface area contributed by atoms with Crippen LogP contribution in [0.2, 0.25) is 0 Å². The highest BCUT2D eigenvalue weighted by Crippen LogP contribution is 2.17. The van der Waals surface area contributed by atoms with E-state index < -0.39 is 12.0 Å². The summed E-state index contributed by atoms with van der Waals surface area (Å²) in [5.41, 5.74) is 1.58. The normalized spacial score (nSPS) is 12.3. The van der Waals surface area contributed by atoms with Crippen molar-refractivity contribution in [2.24, 2.45) is 0 Å². The van der Waals surface area contributed by atoms with Crippen LogP contribution in [0, 0.1) is 0 Å². The highest BCUT2D eigenvalue weighted by Gasteiger charge is 2.11. The molecule has 0 saturated heterocycles. The van der Waals surface area contributed by atoms with Crippen LogP contribution < -0.4 is 5.32 Å². The third-order valence-electron chi connectivity index (χ3n) is 2.53. The second-order valence-corrected chi connectivity index (χ2v) is 3.95. The van der Waals surface area contributed by atoms with E-state index in [4.69, 9.17) is 9.52 Å². The molecule has 5 heteroatoms. The van der Waals surface area contributed by atoms with Gasteiger partial charge in [-0.1, -0.05) is 18.2 Å². The Morgan fingerprint density at radius 3 is 2.83 bits per heavy atom. The number of aliphatic carboxylic acids is 1. The lowest BCUT2D eigenvalue weighted by Crippen LogP contribution is -2.33. The second kappa shape index (κ2) is 5.46. The predicted molar refractivity (Wildman–Crippen MR) is 65.9 cm³/mol. The minimum Gasteiger partial charge on any atom is -0.480 e. The van der Waals surface area contributed by atoms with Crippen molar-refractivity contribution < 1.29 is 14.3 Å². The first-order chi connectivity index (χ1) is 8.66. The summed E-state index contributed by atoms with van der Waals surface area (Å²) in [6.07, 6.45) is 1.53. The van der Waals surface area contributed by atoms with Gasteiger partial charge in [0.25, 0.3) is 0 Å². The van der Waals surface area contributed by atoms with Crippen molar-refractivity contribution in [2.75, 3.05) is 0 Å². The lowest BCUT2D eigenvalue weighted by Gasteiger charge is -2.05. The summed E-state index contributed by atoms with van der Waals surface area (Å²) in [6.45, 7) is 1.95. The number of carbonyl (C=O) groups is 1. The lowest BCUT2D eigenvalue weighted by atomic mass is 10.2. The summed E-state index contributed by atoms with van der Waals surface area (Å²) >= 11 is 0. The van der Waals surface area contributed by atoms with Crippen molar-refractivity contribution in [3.05, 3.63) is 42.3 Å². The molecule has 0 spiro atoms. The number of aromatic nitrogens is 1. The number of oxazole rings is 1. The van der Waals surface area contributed by atoms with Crippen LogP contribution in [0.25, 0.3) is 11.5 Å². The van der Waals surface area contributed by atoms with E-state index in [0.29, 0.717) is 18.1 Å². The Bertz CT molecular complexity index is 522. The third-order valence-corrected chi connectivity index (χ3v) is 2.53. The first kappa shape index (κ1) is 12.3. The molecular formula is C13H14N2O3. The molecular weight excluding hydrogens is 232 g/mol. The fourth-order valence-electron chi connectivity index (χ4n) is 1.45. The monoisotopic (exact) mass is 246 g/mol. The molecule has 1 heterocycles. The van der Waals surface area contributed by atoms with Crippen molar-refractivity contribution in [3.8, 4) is 11.5 Å². The maximum atomic E-state index is 10.6. The number of hydrogen-bond donors (Lipinski definition) is 2. The van der Waals surface area contributed by atoms with Crippen LogP contribution in [-0.2, 0) is 11.3 Å². The third kappa shape index (κ3) is 2.95. The minimum atomic E-state index is -0.887. The van der Waals surface area contributed by atoms with Crippen LogP contribution in [0.4, 0.5) is 0 Å². The first-order valence-corrected chi connectivity index (χ1v) is 5.63. The fraction of sp³-hybridized carbons (Fsp3) is 0.231. The van der Waals surface area contributed by atoms with E-state index >= 15 is 0 Å². The number of nitrogens with one attached hydrogen (secondary N) is 1. The zero-order valence-electron chi connectivity index (χ0n) is 9.96. The molecule has 0 unspecified atom stereocenters. The fourth-order valence-corrected chi connectivity index (χ4v) is 1.45. The Kier molecular flexibility index (Phi) is 3.74. The van der Waals surface area contributed by atoms with Gasteiger partial charge in [0.1, 0.15) is 12.3 Å². The minimum absolute atomic E-state index is 0.365. The average molecular weight is 246 g/mol. The molecule has 94 valence electrons. The molecule has 1 aromatic carbocycles. The van der Waals surface area contributed by atoms with E-state index in [1.807, 2.05) is 30.3 Å². The van der Waals surface area contributed by atoms with Gasteiger partial charge in [-0.25, -0.2) is 4.98 Å². The van der Waals surface area contributed by atoms with E-state index in [2.05, 4.69) is 10.3 Å². The summed E-state index contributed by atoms with van der Waals surface area (Å²) in [4.78, 5) is 14.9. The second-order valence-electron chi connectivity index (χ2n) is 3.95. The van der Waals surface area contributed by atoms with Crippen LogP contribution in [0.5, 0.6) is 0 Å². The Labute approximate surface area is 104 Å². The van der Waals surface area contributed by atoms with E-state index in [-0.39, 0.29) is 0 Å². The molecule has 1 atom stereocenters. The van der Waals surface area contributed by atoms with Gasteiger partial charge in [0.05, 0.1) is 5.69 Å². The summed E-state index contributed by atoms with van der Waals surface area (Å²) in [5, 5.41) is 11.6. The molecule has 0 aliphatic heterocycles. The average Bonchev–Trinajstić information content (AvgIpc) is 2.85. The Morgan fingerprint density at radius 1 is 1.44 bits per heavy atom. The van der Waals surface area contributed by atoms with Gasteiger partial charge in [-0.05, 0) is 19.1 Å². The van der Waals surface area contributed by atoms with Gasteiger partial charge in [-0.2, -0.15) is 0 Å². The van der Waals surface area contributed by atoms with Crippen LogP contribution >= 0.6 is 0 Å². The van der Waals surface area contributed by atoms with Crippen LogP contribution in [0.15, 0.2) is 41.0 Å². The number of nitrogens with zero attached hydrogens (tertiary/aromatic N) is 1. The van der Waals surface area contributed by atoms with Gasteiger partial charge in [-0.3, -0.25) is 10.1 Å². The summed E-state index contributed by atoms with van der Waals surface area (Å²) < 4.78 is 5.34. The van der Waals surface area contributed by atoms with E-state index in [9.17, 15) is 4.79 Å². The van der Waals surface area contributed by atoms with Crippen molar-refractivity contribution in [1.29, 1.82) is 0 Å². The maximum absolute atomic E-state index is 10.6. The smallest absolute Gasteiger partial charge is 0.320 e. The first-order valence-electron chi connectivity index (χ1n) is 5.63. The highest BCUT2D eigenvalue weighted by molar-refractivity contribution is 5.72. The van der Waals surface area contributed by atoms with E-state index in [1.165, 1.54) is 6.26 Å². The zero-order valence-corrected chi connectivity index (χ0v) is 9.96. The van der Waals surface area contributed by atoms with Crippen molar-refractivity contribution in [2.45, 2.75) is 19.5 Å². The maximum Gasteiger partial charge on any atom is 0.320 e. The van der Waals surface area contributed by atoms with Crippen molar-refractivity contribution in [3.63, 3.8) is 0 Å². The largest absolute Gasteiger partial charge is 0.480 e. The SMILES string of the molecule is C[C@H](NCc1coc(-c2ccccc2)n1)C(=O)O. The van der Waals surface area contributed by atoms with Crippen LogP contribution in [0.3, 0.4) is 0 Å². The molecule has 0 radical (unpaired) electrons. The molecule has 0 saturated carbocycles. The Balaban J connectivity index is 2.01. The molecule has 2 aromatic rings. The number of benzene rings is 1. The lowest BCUT2D eigenvalue weighted by molar-refractivity contribution is -0.139. The molecule has 0 amide bonds. The molecule has 0 aliphatic rings. The van der Waals surface area contributed by atoms with E-state index in [1.54, 1.807) is 6.92 Å². The number of carboxylic acid groups (broad SMARTS) is 1. The highest BCUT2D eigenvalue weighted by atomic mass is 16.4. The van der Waals surface area contributed by atoms with Gasteiger partial charge >= 0.3 is 5.97 Å². The number of hydrogen-bond acceptors (Lipinski definition) is 4. The molecule has 0 aliphatic carbocycles. The molecule has 1 aromatic heterocycles. The molecule has 0 bridgehead atoms. The molecule has 2 N–H and O–H groups in total. The Hall–Kier alpha value is -2.14. The van der Waals surface area contributed by atoms with Gasteiger partial charge in [0.2, 0.25) is 5.89 Å². The van der Waals surface area contributed by atoms with E-state index in [0.717, 1.165) is 5.56 Å². The summed E-state index contributed by atoms with van der Waals surface area (Å²) in [7, 11) is 0. The molecule has 5 nitrogen and oxygen atoms in total.